The summed E-state index contributed by atoms with van der Waals surface area (Å²) in [5.74, 6) is -0.0599. The van der Waals surface area contributed by atoms with Crippen LogP contribution in [0.2, 0.25) is 0 Å². The van der Waals surface area contributed by atoms with Gasteiger partial charge in [-0.05, 0) is 29.2 Å². The maximum absolute atomic E-state index is 12.6. The number of fused-ring (bicyclic) bond motifs is 3. The Morgan fingerprint density at radius 3 is 2.39 bits per heavy atom. The first-order chi connectivity index (χ1) is 15.2. The van der Waals surface area contributed by atoms with Crippen molar-refractivity contribution in [1.29, 1.82) is 0 Å². The Morgan fingerprint density at radius 2 is 1.65 bits per heavy atom. The highest BCUT2D eigenvalue weighted by atomic mass is 16.5. The minimum absolute atomic E-state index is 0.0390. The summed E-state index contributed by atoms with van der Waals surface area (Å²) < 4.78 is 5.13. The summed E-state index contributed by atoms with van der Waals surface area (Å²) in [5, 5.41) is 4.82. The van der Waals surface area contributed by atoms with Crippen molar-refractivity contribution in [3.05, 3.63) is 107 Å². The van der Waals surface area contributed by atoms with Crippen molar-refractivity contribution < 1.29 is 9.53 Å². The van der Waals surface area contributed by atoms with Gasteiger partial charge < -0.3 is 9.72 Å². The molecule has 0 saturated heterocycles. The summed E-state index contributed by atoms with van der Waals surface area (Å²) in [6.07, 6.45) is 1.49. The maximum Gasteiger partial charge on any atom is 0.323 e. The van der Waals surface area contributed by atoms with Gasteiger partial charge >= 0.3 is 5.97 Å². The van der Waals surface area contributed by atoms with Crippen molar-refractivity contribution in [2.75, 3.05) is 7.11 Å². The molecule has 0 amide bonds. The van der Waals surface area contributed by atoms with Gasteiger partial charge in [-0.3, -0.25) is 10.1 Å². The molecular formula is C27H26N2O2. The fourth-order valence-corrected chi connectivity index (χ4v) is 4.88. The molecule has 0 unspecified atom stereocenters. The van der Waals surface area contributed by atoms with Gasteiger partial charge in [0.2, 0.25) is 0 Å². The first kappa shape index (κ1) is 19.6. The lowest BCUT2D eigenvalue weighted by Crippen LogP contribution is -2.47. The van der Waals surface area contributed by atoms with Gasteiger partial charge in [0.05, 0.1) is 13.2 Å². The molecule has 31 heavy (non-hydrogen) atoms. The molecule has 0 aliphatic carbocycles. The van der Waals surface area contributed by atoms with Crippen molar-refractivity contribution in [1.82, 2.24) is 10.3 Å². The Balaban J connectivity index is 1.64. The molecule has 0 spiro atoms. The summed E-state index contributed by atoms with van der Waals surface area (Å²) in [7, 11) is 1.46. The molecule has 1 aliphatic rings. The third kappa shape index (κ3) is 3.75. The maximum atomic E-state index is 12.6. The zero-order valence-corrected chi connectivity index (χ0v) is 17.5. The van der Waals surface area contributed by atoms with Crippen LogP contribution >= 0.6 is 0 Å². The fourth-order valence-electron chi connectivity index (χ4n) is 4.88. The fraction of sp³-hybridized carbons (Fsp3) is 0.222. The minimum Gasteiger partial charge on any atom is -0.468 e. The van der Waals surface area contributed by atoms with Gasteiger partial charge in [0.1, 0.15) is 6.04 Å². The molecule has 5 rings (SSSR count). The summed E-state index contributed by atoms with van der Waals surface area (Å²) >= 11 is 0. The van der Waals surface area contributed by atoms with Crippen LogP contribution in [0.4, 0.5) is 0 Å². The van der Waals surface area contributed by atoms with Gasteiger partial charge in [0.15, 0.2) is 0 Å². The van der Waals surface area contributed by atoms with E-state index in [0.717, 1.165) is 11.9 Å². The van der Waals surface area contributed by atoms with E-state index in [9.17, 15) is 4.79 Å². The highest BCUT2D eigenvalue weighted by Gasteiger charge is 2.38. The number of hydrogen-bond donors (Lipinski definition) is 2. The number of benzene rings is 3. The van der Waals surface area contributed by atoms with Crippen LogP contribution in [-0.2, 0) is 22.4 Å². The van der Waals surface area contributed by atoms with E-state index in [1.807, 2.05) is 18.2 Å². The monoisotopic (exact) mass is 410 g/mol. The van der Waals surface area contributed by atoms with Gasteiger partial charge in [-0.2, -0.15) is 0 Å². The number of methoxy groups -OCH3 is 1. The molecule has 3 atom stereocenters. The second-order valence-electron chi connectivity index (χ2n) is 8.19. The Labute approximate surface area is 182 Å². The summed E-state index contributed by atoms with van der Waals surface area (Å²) in [6, 6.07) is 29.0. The van der Waals surface area contributed by atoms with Crippen molar-refractivity contribution in [2.24, 2.45) is 0 Å². The molecule has 0 fully saturated rings. The van der Waals surface area contributed by atoms with Crippen LogP contribution in [0.25, 0.3) is 10.9 Å². The smallest absolute Gasteiger partial charge is 0.323 e. The average molecular weight is 411 g/mol. The highest BCUT2D eigenvalue weighted by molar-refractivity contribution is 5.87. The van der Waals surface area contributed by atoms with E-state index >= 15 is 0 Å². The van der Waals surface area contributed by atoms with E-state index < -0.39 is 0 Å². The molecule has 0 bridgehead atoms. The normalized spacial score (nSPS) is 19.0. The van der Waals surface area contributed by atoms with Crippen molar-refractivity contribution in [2.45, 2.75) is 30.8 Å². The molecule has 1 aliphatic heterocycles. The zero-order chi connectivity index (χ0) is 21.2. The molecule has 1 aromatic heterocycles. The van der Waals surface area contributed by atoms with Gasteiger partial charge in [-0.15, -0.1) is 0 Å². The highest BCUT2D eigenvalue weighted by Crippen LogP contribution is 2.41. The second-order valence-corrected chi connectivity index (χ2v) is 8.19. The van der Waals surface area contributed by atoms with Gasteiger partial charge in [-0.25, -0.2) is 0 Å². The lowest BCUT2D eigenvalue weighted by atomic mass is 9.80. The van der Waals surface area contributed by atoms with E-state index in [1.165, 1.54) is 34.9 Å². The Kier molecular flexibility index (Phi) is 5.31. The number of H-pyrrole nitrogens is 1. The second kappa shape index (κ2) is 8.40. The number of carbonyl (C=O) groups is 1. The van der Waals surface area contributed by atoms with Crippen molar-refractivity contribution >= 4 is 16.9 Å². The number of carbonyl (C=O) groups excluding carboxylic acids is 1. The van der Waals surface area contributed by atoms with E-state index in [-0.39, 0.29) is 24.0 Å². The van der Waals surface area contributed by atoms with Crippen LogP contribution in [0.15, 0.2) is 84.9 Å². The zero-order valence-electron chi connectivity index (χ0n) is 17.5. The number of aromatic amines is 1. The molecule has 0 saturated carbocycles. The van der Waals surface area contributed by atoms with Gasteiger partial charge in [0.25, 0.3) is 0 Å². The first-order valence-electron chi connectivity index (χ1n) is 10.8. The number of aromatic nitrogens is 1. The number of para-hydroxylation sites is 1. The number of nitrogens with one attached hydrogen (secondary N) is 2. The summed E-state index contributed by atoms with van der Waals surface area (Å²) in [6.45, 7) is 0. The summed E-state index contributed by atoms with van der Waals surface area (Å²) in [4.78, 5) is 16.3. The van der Waals surface area contributed by atoms with Crippen LogP contribution < -0.4 is 5.32 Å². The Morgan fingerprint density at radius 1 is 0.968 bits per heavy atom. The standard InChI is InChI=1S/C27H26N2O2/c1-31-27(30)24-17-22-20-14-8-9-15-23(20)28-26(22)25(29-24)21(19-12-6-3-7-13-19)16-18-10-4-2-5-11-18/h2-15,21,24-25,28-29H,16-17H2,1H3/t21-,24-,25+/m0/s1. The number of esters is 1. The van der Waals surface area contributed by atoms with E-state index in [2.05, 4.69) is 77.0 Å². The molecule has 3 aromatic carbocycles. The molecule has 2 heterocycles. The molecule has 2 N–H and O–H groups in total. The SMILES string of the molecule is COC(=O)[C@@H]1Cc2c([nH]c3ccccc23)[C@@H]([C@@H](Cc2ccccc2)c2ccccc2)N1. The lowest BCUT2D eigenvalue weighted by Gasteiger charge is -2.35. The van der Waals surface area contributed by atoms with E-state index in [4.69, 9.17) is 4.74 Å². The van der Waals surface area contributed by atoms with Crippen LogP contribution in [0.5, 0.6) is 0 Å². The van der Waals surface area contributed by atoms with E-state index in [0.29, 0.717) is 6.42 Å². The number of hydrogen-bond acceptors (Lipinski definition) is 3. The molecule has 4 aromatic rings. The number of ether oxygens (including phenoxy) is 1. The van der Waals surface area contributed by atoms with Crippen molar-refractivity contribution in [3.63, 3.8) is 0 Å². The molecule has 4 nitrogen and oxygen atoms in total. The van der Waals surface area contributed by atoms with Gasteiger partial charge in [-0.1, -0.05) is 78.9 Å². The first-order valence-corrected chi connectivity index (χ1v) is 10.8. The summed E-state index contributed by atoms with van der Waals surface area (Å²) in [5.41, 5.74) is 6.01. The molecular weight excluding hydrogens is 384 g/mol. The van der Waals surface area contributed by atoms with Crippen molar-refractivity contribution in [3.8, 4) is 0 Å². The largest absolute Gasteiger partial charge is 0.468 e. The van der Waals surface area contributed by atoms with Gasteiger partial charge in [0, 0.05) is 28.9 Å². The topological polar surface area (TPSA) is 54.1 Å². The minimum atomic E-state index is -0.372. The predicted octanol–water partition coefficient (Wildman–Crippen LogP) is 4.92. The van der Waals surface area contributed by atoms with Crippen LogP contribution in [-0.4, -0.2) is 24.1 Å². The average Bonchev–Trinajstić information content (AvgIpc) is 3.21. The quantitative estimate of drug-likeness (QED) is 0.459. The lowest BCUT2D eigenvalue weighted by molar-refractivity contribution is -0.143. The molecule has 4 heteroatoms. The van der Waals surface area contributed by atoms with Crippen LogP contribution in [0.3, 0.4) is 0 Å². The van der Waals surface area contributed by atoms with Crippen LogP contribution in [0.1, 0.15) is 34.3 Å². The molecule has 156 valence electrons. The third-order valence-corrected chi connectivity index (χ3v) is 6.36. The number of rotatable bonds is 5. The molecule has 0 radical (unpaired) electrons. The Bertz CT molecular complexity index is 1180. The van der Waals surface area contributed by atoms with E-state index in [1.54, 1.807) is 0 Å². The van der Waals surface area contributed by atoms with Crippen LogP contribution in [0, 0.1) is 0 Å². The Hall–Kier alpha value is -3.37. The predicted molar refractivity (Wildman–Crippen MR) is 123 cm³/mol. The third-order valence-electron chi connectivity index (χ3n) is 6.36.